The van der Waals surface area contributed by atoms with Crippen LogP contribution in [0.15, 0.2) is 23.2 Å². The fourth-order valence-corrected chi connectivity index (χ4v) is 1.95. The summed E-state index contributed by atoms with van der Waals surface area (Å²) in [6, 6.07) is 3.14. The molecule has 4 nitrogen and oxygen atoms in total. The molecule has 0 aromatic heterocycles. The quantitative estimate of drug-likeness (QED) is 0.467. The van der Waals surface area contributed by atoms with Gasteiger partial charge < -0.3 is 15.8 Å². The second kappa shape index (κ2) is 8.35. The molecule has 1 fully saturated rings. The first kappa shape index (κ1) is 17.1. The van der Waals surface area contributed by atoms with Crippen LogP contribution in [0.4, 0.5) is 14.5 Å². The van der Waals surface area contributed by atoms with Gasteiger partial charge in [-0.25, -0.2) is 8.78 Å². The molecule has 1 aliphatic rings. The van der Waals surface area contributed by atoms with E-state index in [2.05, 4.69) is 10.3 Å². The van der Waals surface area contributed by atoms with Crippen molar-refractivity contribution in [2.75, 3.05) is 25.1 Å². The van der Waals surface area contributed by atoms with Crippen LogP contribution in [-0.2, 0) is 4.74 Å². The highest BCUT2D eigenvalue weighted by atomic mass is 127. The van der Waals surface area contributed by atoms with E-state index in [4.69, 9.17) is 10.5 Å². The van der Waals surface area contributed by atoms with Crippen LogP contribution >= 0.6 is 24.0 Å². The number of rotatable bonds is 4. The fraction of sp³-hybridized carbons (Fsp3) is 0.462. The van der Waals surface area contributed by atoms with Crippen molar-refractivity contribution in [2.45, 2.75) is 12.8 Å². The smallest absolute Gasteiger partial charge is 0.193 e. The van der Waals surface area contributed by atoms with Gasteiger partial charge in [0.1, 0.15) is 11.6 Å². The van der Waals surface area contributed by atoms with E-state index in [9.17, 15) is 8.78 Å². The third-order valence-corrected chi connectivity index (χ3v) is 3.03. The van der Waals surface area contributed by atoms with Crippen LogP contribution < -0.4 is 11.1 Å². The second-order valence-electron chi connectivity index (χ2n) is 4.53. The summed E-state index contributed by atoms with van der Waals surface area (Å²) in [5.41, 5.74) is 5.62. The Hall–Kier alpha value is -0.960. The van der Waals surface area contributed by atoms with Gasteiger partial charge in [-0.1, -0.05) is 0 Å². The highest BCUT2D eigenvalue weighted by Crippen LogP contribution is 2.16. The van der Waals surface area contributed by atoms with Gasteiger partial charge in [0.15, 0.2) is 5.96 Å². The Labute approximate surface area is 133 Å². The molecule has 1 aromatic carbocycles. The molecule has 0 saturated carbocycles. The molecule has 0 bridgehead atoms. The lowest BCUT2D eigenvalue weighted by atomic mass is 10.1. The zero-order valence-corrected chi connectivity index (χ0v) is 13.3. The summed E-state index contributed by atoms with van der Waals surface area (Å²) in [5.74, 6) is -0.491. The maximum absolute atomic E-state index is 13.3. The number of hydrogen-bond donors (Lipinski definition) is 2. The number of guanidine groups is 1. The molecule has 1 aromatic rings. The number of ether oxygens (including phenoxy) is 1. The van der Waals surface area contributed by atoms with Gasteiger partial charge in [0.25, 0.3) is 0 Å². The van der Waals surface area contributed by atoms with Gasteiger partial charge >= 0.3 is 0 Å². The summed E-state index contributed by atoms with van der Waals surface area (Å²) >= 11 is 0. The number of nitrogens with two attached hydrogens (primary N) is 1. The Morgan fingerprint density at radius 1 is 1.45 bits per heavy atom. The lowest BCUT2D eigenvalue weighted by molar-refractivity contribution is 0.184. The molecule has 3 N–H and O–H groups in total. The molecule has 1 heterocycles. The third kappa shape index (κ3) is 5.20. The molecule has 0 amide bonds. The van der Waals surface area contributed by atoms with E-state index in [1.807, 2.05) is 0 Å². The SMILES string of the molecule is I.NC(=NCCC1CCOC1)Nc1cc(F)ccc1F. The summed E-state index contributed by atoms with van der Waals surface area (Å²) in [7, 11) is 0. The zero-order chi connectivity index (χ0) is 13.7. The third-order valence-electron chi connectivity index (χ3n) is 3.03. The standard InChI is InChI=1S/C13H17F2N3O.HI/c14-10-1-2-11(15)12(7-10)18-13(16)17-5-3-9-4-6-19-8-9;/h1-2,7,9H,3-6,8H2,(H3,16,17,18);1H. The molecular weight excluding hydrogens is 379 g/mol. The van der Waals surface area contributed by atoms with Crippen LogP contribution in [0.3, 0.4) is 0 Å². The van der Waals surface area contributed by atoms with E-state index in [-0.39, 0.29) is 35.6 Å². The van der Waals surface area contributed by atoms with Crippen LogP contribution in [0.5, 0.6) is 0 Å². The van der Waals surface area contributed by atoms with E-state index in [1.165, 1.54) is 0 Å². The summed E-state index contributed by atoms with van der Waals surface area (Å²) in [6.45, 7) is 2.11. The molecule has 1 aliphatic heterocycles. The first-order chi connectivity index (χ1) is 9.15. The number of anilines is 1. The minimum atomic E-state index is -0.566. The number of hydrogen-bond acceptors (Lipinski definition) is 2. The van der Waals surface area contributed by atoms with Crippen molar-refractivity contribution in [3.8, 4) is 0 Å². The van der Waals surface area contributed by atoms with Crippen molar-refractivity contribution in [1.29, 1.82) is 0 Å². The Morgan fingerprint density at radius 3 is 2.95 bits per heavy atom. The predicted molar refractivity (Wildman–Crippen MR) is 85.4 cm³/mol. The molecular formula is C13H18F2IN3O. The molecule has 1 atom stereocenters. The molecule has 20 heavy (non-hydrogen) atoms. The van der Waals surface area contributed by atoms with Gasteiger partial charge in [0, 0.05) is 25.8 Å². The molecule has 1 saturated heterocycles. The highest BCUT2D eigenvalue weighted by molar-refractivity contribution is 14.0. The van der Waals surface area contributed by atoms with Gasteiger partial charge in [-0.05, 0) is 30.9 Å². The van der Waals surface area contributed by atoms with E-state index in [1.54, 1.807) is 0 Å². The summed E-state index contributed by atoms with van der Waals surface area (Å²) in [5, 5.41) is 2.56. The number of halogens is 3. The lowest BCUT2D eigenvalue weighted by Crippen LogP contribution is -2.23. The average Bonchev–Trinajstić information content (AvgIpc) is 2.87. The van der Waals surface area contributed by atoms with Crippen LogP contribution in [-0.4, -0.2) is 25.7 Å². The van der Waals surface area contributed by atoms with E-state index in [0.717, 1.165) is 44.3 Å². The van der Waals surface area contributed by atoms with Crippen molar-refractivity contribution < 1.29 is 13.5 Å². The molecule has 0 radical (unpaired) electrons. The normalized spacial score (nSPS) is 18.7. The first-order valence-electron chi connectivity index (χ1n) is 6.25. The molecule has 7 heteroatoms. The molecule has 0 aliphatic carbocycles. The van der Waals surface area contributed by atoms with Crippen molar-refractivity contribution in [3.05, 3.63) is 29.8 Å². The minimum Gasteiger partial charge on any atom is -0.381 e. The maximum Gasteiger partial charge on any atom is 0.193 e. The number of nitrogens with zero attached hydrogens (tertiary/aromatic N) is 1. The van der Waals surface area contributed by atoms with Crippen LogP contribution in [0.2, 0.25) is 0 Å². The van der Waals surface area contributed by atoms with Crippen LogP contribution in [0.1, 0.15) is 12.8 Å². The van der Waals surface area contributed by atoms with E-state index >= 15 is 0 Å². The van der Waals surface area contributed by atoms with Gasteiger partial charge in [-0.3, -0.25) is 4.99 Å². The Kier molecular flexibility index (Phi) is 7.14. The summed E-state index contributed by atoms with van der Waals surface area (Å²) in [4.78, 5) is 4.09. The Balaban J connectivity index is 0.00000200. The van der Waals surface area contributed by atoms with Gasteiger partial charge in [0.2, 0.25) is 0 Å². The Bertz CT molecular complexity index is 465. The summed E-state index contributed by atoms with van der Waals surface area (Å²) in [6.07, 6.45) is 1.93. The Morgan fingerprint density at radius 2 is 2.25 bits per heavy atom. The summed E-state index contributed by atoms with van der Waals surface area (Å²) < 4.78 is 31.5. The van der Waals surface area contributed by atoms with Crippen molar-refractivity contribution >= 4 is 35.6 Å². The number of aliphatic imine (C=N–C) groups is 1. The second-order valence-corrected chi connectivity index (χ2v) is 4.53. The van der Waals surface area contributed by atoms with Gasteiger partial charge in [0.05, 0.1) is 5.69 Å². The van der Waals surface area contributed by atoms with Crippen molar-refractivity contribution in [3.63, 3.8) is 0 Å². The van der Waals surface area contributed by atoms with Crippen LogP contribution in [0, 0.1) is 17.6 Å². The van der Waals surface area contributed by atoms with E-state index < -0.39 is 11.6 Å². The molecule has 0 spiro atoms. The number of benzene rings is 1. The largest absolute Gasteiger partial charge is 0.381 e. The van der Waals surface area contributed by atoms with Crippen LogP contribution in [0.25, 0.3) is 0 Å². The molecule has 112 valence electrons. The topological polar surface area (TPSA) is 59.6 Å². The lowest BCUT2D eigenvalue weighted by Gasteiger charge is -2.08. The van der Waals surface area contributed by atoms with Gasteiger partial charge in [-0.2, -0.15) is 0 Å². The molecule has 1 unspecified atom stereocenters. The number of nitrogens with one attached hydrogen (secondary N) is 1. The maximum atomic E-state index is 13.3. The monoisotopic (exact) mass is 397 g/mol. The highest BCUT2D eigenvalue weighted by Gasteiger charge is 2.14. The minimum absolute atomic E-state index is 0. The molecule has 2 rings (SSSR count). The first-order valence-corrected chi connectivity index (χ1v) is 6.25. The van der Waals surface area contributed by atoms with Crippen molar-refractivity contribution in [1.82, 2.24) is 0 Å². The van der Waals surface area contributed by atoms with E-state index in [0.29, 0.717) is 12.5 Å². The average molecular weight is 397 g/mol. The fourth-order valence-electron chi connectivity index (χ4n) is 1.95. The zero-order valence-electron chi connectivity index (χ0n) is 10.9. The van der Waals surface area contributed by atoms with Crippen molar-refractivity contribution in [2.24, 2.45) is 16.6 Å². The van der Waals surface area contributed by atoms with Gasteiger partial charge in [-0.15, -0.1) is 24.0 Å². The predicted octanol–water partition coefficient (Wildman–Crippen LogP) is 2.74.